The number of halogens is 1. The van der Waals surface area contributed by atoms with Gasteiger partial charge in [0.2, 0.25) is 21.8 Å². The Labute approximate surface area is 206 Å². The average molecular weight is 510 g/mol. The third-order valence-electron chi connectivity index (χ3n) is 5.17. The summed E-state index contributed by atoms with van der Waals surface area (Å²) in [6.07, 6.45) is 1.01. The summed E-state index contributed by atoms with van der Waals surface area (Å²) in [4.78, 5) is 27.6. The van der Waals surface area contributed by atoms with Gasteiger partial charge in [0.15, 0.2) is 0 Å². The fourth-order valence-electron chi connectivity index (χ4n) is 3.30. The number of hydrogen-bond donors (Lipinski definition) is 1. The highest BCUT2D eigenvalue weighted by Crippen LogP contribution is 2.30. The summed E-state index contributed by atoms with van der Waals surface area (Å²) in [7, 11) is -2.39. The molecular weight excluding hydrogens is 478 g/mol. The van der Waals surface area contributed by atoms with Crippen LogP contribution in [0.1, 0.15) is 31.9 Å². The van der Waals surface area contributed by atoms with Crippen LogP contribution in [-0.4, -0.2) is 57.1 Å². The van der Waals surface area contributed by atoms with Crippen molar-refractivity contribution in [1.29, 1.82) is 0 Å². The first kappa shape index (κ1) is 27.5. The van der Waals surface area contributed by atoms with Crippen LogP contribution in [0.15, 0.2) is 42.5 Å². The van der Waals surface area contributed by atoms with Crippen molar-refractivity contribution in [3.05, 3.63) is 58.6 Å². The standard InChI is InChI=1S/C24H32ClN3O5S/c1-16(2)26-24(30)18(4)27(14-19-9-7-17(3)8-10-19)23(29)15-28(34(6,31)32)20-11-12-22(33-5)21(25)13-20/h7-13,16,18H,14-15H2,1-6H3,(H,26,30)/t18-/m1/s1. The maximum atomic E-state index is 13.5. The lowest BCUT2D eigenvalue weighted by molar-refractivity contribution is -0.139. The van der Waals surface area contributed by atoms with E-state index in [1.54, 1.807) is 6.92 Å². The molecule has 2 amide bonds. The van der Waals surface area contributed by atoms with E-state index in [0.29, 0.717) is 5.75 Å². The fraction of sp³-hybridized carbons (Fsp3) is 0.417. The molecule has 0 aliphatic carbocycles. The molecule has 0 fully saturated rings. The van der Waals surface area contributed by atoms with Gasteiger partial charge in [-0.1, -0.05) is 41.4 Å². The highest BCUT2D eigenvalue weighted by Gasteiger charge is 2.30. The van der Waals surface area contributed by atoms with Crippen LogP contribution in [-0.2, 0) is 26.2 Å². The zero-order chi connectivity index (χ0) is 25.6. The molecule has 34 heavy (non-hydrogen) atoms. The molecule has 0 heterocycles. The Morgan fingerprint density at radius 1 is 1.09 bits per heavy atom. The van der Waals surface area contributed by atoms with E-state index in [-0.39, 0.29) is 29.2 Å². The number of rotatable bonds is 10. The van der Waals surface area contributed by atoms with Crippen molar-refractivity contribution < 1.29 is 22.7 Å². The number of hydrogen-bond acceptors (Lipinski definition) is 5. The number of carbonyl (C=O) groups excluding carboxylic acids is 2. The number of anilines is 1. The Morgan fingerprint density at radius 3 is 2.21 bits per heavy atom. The number of methoxy groups -OCH3 is 1. The molecule has 0 saturated heterocycles. The summed E-state index contributed by atoms with van der Waals surface area (Å²) in [6, 6.07) is 11.1. The zero-order valence-corrected chi connectivity index (χ0v) is 21.9. The highest BCUT2D eigenvalue weighted by molar-refractivity contribution is 7.92. The molecule has 0 aliphatic rings. The molecule has 0 aromatic heterocycles. The van der Waals surface area contributed by atoms with E-state index >= 15 is 0 Å². The largest absolute Gasteiger partial charge is 0.495 e. The second-order valence-electron chi connectivity index (χ2n) is 8.43. The topological polar surface area (TPSA) is 96.0 Å². The van der Waals surface area contributed by atoms with Crippen molar-refractivity contribution in [3.8, 4) is 5.75 Å². The number of sulfonamides is 1. The molecule has 1 N–H and O–H groups in total. The summed E-state index contributed by atoms with van der Waals surface area (Å²) >= 11 is 6.19. The first-order valence-electron chi connectivity index (χ1n) is 10.8. The quantitative estimate of drug-likeness (QED) is 0.529. The smallest absolute Gasteiger partial charge is 0.244 e. The van der Waals surface area contributed by atoms with E-state index in [9.17, 15) is 18.0 Å². The summed E-state index contributed by atoms with van der Waals surface area (Å²) < 4.78 is 31.3. The van der Waals surface area contributed by atoms with Crippen LogP contribution in [0, 0.1) is 6.92 Å². The normalized spacial score (nSPS) is 12.2. The molecule has 2 rings (SSSR count). The second-order valence-corrected chi connectivity index (χ2v) is 10.7. The van der Waals surface area contributed by atoms with Gasteiger partial charge in [0.25, 0.3) is 0 Å². The lowest BCUT2D eigenvalue weighted by Crippen LogP contribution is -2.52. The van der Waals surface area contributed by atoms with Crippen LogP contribution in [0.4, 0.5) is 5.69 Å². The summed E-state index contributed by atoms with van der Waals surface area (Å²) in [6.45, 7) is 6.89. The fourth-order valence-corrected chi connectivity index (χ4v) is 4.40. The van der Waals surface area contributed by atoms with Gasteiger partial charge in [-0.3, -0.25) is 13.9 Å². The van der Waals surface area contributed by atoms with Crippen molar-refractivity contribution >= 4 is 39.1 Å². The van der Waals surface area contributed by atoms with Gasteiger partial charge in [-0.05, 0) is 51.5 Å². The molecule has 0 spiro atoms. The minimum Gasteiger partial charge on any atom is -0.495 e. The first-order chi connectivity index (χ1) is 15.8. The minimum atomic E-state index is -3.84. The van der Waals surface area contributed by atoms with E-state index in [2.05, 4.69) is 5.32 Å². The Morgan fingerprint density at radius 2 is 1.71 bits per heavy atom. The maximum absolute atomic E-state index is 13.5. The van der Waals surface area contributed by atoms with Gasteiger partial charge in [0, 0.05) is 12.6 Å². The molecule has 186 valence electrons. The van der Waals surface area contributed by atoms with E-state index in [0.717, 1.165) is 21.7 Å². The molecule has 10 heteroatoms. The lowest BCUT2D eigenvalue weighted by Gasteiger charge is -2.32. The number of nitrogens with one attached hydrogen (secondary N) is 1. The van der Waals surface area contributed by atoms with E-state index in [4.69, 9.17) is 16.3 Å². The lowest BCUT2D eigenvalue weighted by atomic mass is 10.1. The predicted molar refractivity (Wildman–Crippen MR) is 135 cm³/mol. The van der Waals surface area contributed by atoms with Gasteiger partial charge in [-0.25, -0.2) is 8.42 Å². The van der Waals surface area contributed by atoms with E-state index in [1.165, 1.54) is 30.2 Å². The monoisotopic (exact) mass is 509 g/mol. The molecule has 0 saturated carbocycles. The van der Waals surface area contributed by atoms with Crippen molar-refractivity contribution in [1.82, 2.24) is 10.2 Å². The van der Waals surface area contributed by atoms with Crippen molar-refractivity contribution in [2.45, 2.75) is 46.3 Å². The van der Waals surface area contributed by atoms with Gasteiger partial charge in [0.05, 0.1) is 24.1 Å². The number of benzene rings is 2. The summed E-state index contributed by atoms with van der Waals surface area (Å²) in [5.41, 5.74) is 2.10. The molecule has 0 aliphatic heterocycles. The van der Waals surface area contributed by atoms with Gasteiger partial charge < -0.3 is 15.0 Å². The third-order valence-corrected chi connectivity index (χ3v) is 6.61. The van der Waals surface area contributed by atoms with Crippen LogP contribution in [0.5, 0.6) is 5.75 Å². The molecule has 0 unspecified atom stereocenters. The number of aryl methyl sites for hydroxylation is 1. The Kier molecular flexibility index (Phi) is 9.35. The van der Waals surface area contributed by atoms with Crippen LogP contribution in [0.2, 0.25) is 5.02 Å². The number of ether oxygens (including phenoxy) is 1. The Balaban J connectivity index is 2.40. The molecule has 2 aromatic carbocycles. The third kappa shape index (κ3) is 7.36. The maximum Gasteiger partial charge on any atom is 0.244 e. The van der Waals surface area contributed by atoms with Crippen molar-refractivity contribution in [2.24, 2.45) is 0 Å². The molecule has 1 atom stereocenters. The van der Waals surface area contributed by atoms with Crippen molar-refractivity contribution in [2.75, 3.05) is 24.2 Å². The van der Waals surface area contributed by atoms with Crippen LogP contribution in [0.25, 0.3) is 0 Å². The van der Waals surface area contributed by atoms with Crippen LogP contribution < -0.4 is 14.4 Å². The van der Waals surface area contributed by atoms with E-state index < -0.39 is 28.5 Å². The van der Waals surface area contributed by atoms with Gasteiger partial charge in [-0.2, -0.15) is 0 Å². The minimum absolute atomic E-state index is 0.111. The van der Waals surface area contributed by atoms with Crippen LogP contribution >= 0.6 is 11.6 Å². The Hall–Kier alpha value is -2.78. The molecule has 0 bridgehead atoms. The van der Waals surface area contributed by atoms with Gasteiger partial charge in [0.1, 0.15) is 18.3 Å². The number of amides is 2. The highest BCUT2D eigenvalue weighted by atomic mass is 35.5. The van der Waals surface area contributed by atoms with Gasteiger partial charge in [-0.15, -0.1) is 0 Å². The van der Waals surface area contributed by atoms with Crippen LogP contribution in [0.3, 0.4) is 0 Å². The Bertz CT molecular complexity index is 1120. The molecule has 8 nitrogen and oxygen atoms in total. The second kappa shape index (κ2) is 11.6. The first-order valence-corrected chi connectivity index (χ1v) is 13.0. The zero-order valence-electron chi connectivity index (χ0n) is 20.3. The van der Waals surface area contributed by atoms with Crippen molar-refractivity contribution in [3.63, 3.8) is 0 Å². The van der Waals surface area contributed by atoms with E-state index in [1.807, 2.05) is 45.0 Å². The molecular formula is C24H32ClN3O5S. The number of nitrogens with zero attached hydrogens (tertiary/aromatic N) is 2. The predicted octanol–water partition coefficient (Wildman–Crippen LogP) is 3.36. The SMILES string of the molecule is COc1ccc(N(CC(=O)N(Cc2ccc(C)cc2)[C@H](C)C(=O)NC(C)C)S(C)(=O)=O)cc1Cl. The van der Waals surface area contributed by atoms with Gasteiger partial charge >= 0.3 is 0 Å². The summed E-state index contributed by atoms with van der Waals surface area (Å²) in [5, 5.41) is 3.02. The number of carbonyl (C=O) groups is 2. The molecule has 0 radical (unpaired) electrons. The molecule has 2 aromatic rings. The summed E-state index contributed by atoms with van der Waals surface area (Å²) in [5.74, 6) is -0.469. The average Bonchev–Trinajstić information content (AvgIpc) is 2.75.